The molecule has 0 nitrogen and oxygen atoms in total. The fourth-order valence-corrected chi connectivity index (χ4v) is 12.2. The molecule has 4 rings (SSSR count). The fourth-order valence-electron chi connectivity index (χ4n) is 6.16. The van der Waals surface area contributed by atoms with Crippen molar-refractivity contribution in [2.24, 2.45) is 5.41 Å². The quantitative estimate of drug-likeness (QED) is 0.293. The maximum atomic E-state index is 2.49. The molecule has 0 atom stereocenters. The molecule has 0 saturated carbocycles. The Morgan fingerprint density at radius 3 is 1.15 bits per heavy atom. The van der Waals surface area contributed by atoms with Crippen molar-refractivity contribution in [2.45, 2.75) is 68.7 Å². The van der Waals surface area contributed by atoms with E-state index in [-0.39, 0.29) is 5.41 Å². The zero-order valence-electron chi connectivity index (χ0n) is 22.6. The largest absolute Gasteiger partial charge is 0.176 e. The van der Waals surface area contributed by atoms with Crippen LogP contribution in [0.4, 0.5) is 0 Å². The molecular formula is C33H40Si. The van der Waals surface area contributed by atoms with Crippen molar-refractivity contribution in [3.63, 3.8) is 0 Å². The molecule has 1 aliphatic carbocycles. The summed E-state index contributed by atoms with van der Waals surface area (Å²) in [4.78, 5) is 0. The van der Waals surface area contributed by atoms with Gasteiger partial charge in [0.15, 0.2) is 8.07 Å². The van der Waals surface area contributed by atoms with E-state index in [9.17, 15) is 0 Å². The third kappa shape index (κ3) is 4.39. The standard InChI is InChI=1S/C33H40Si/c1-22-13-23(2)17-28(16-22)34(29-18-24(3)14-25(4)19-29,30-20-26(5)15-27(6)21-30)32-12-10-11-31(32)33(7,8)9/h10-11,13-21H,12H2,1-9H3. The molecule has 3 aromatic carbocycles. The van der Waals surface area contributed by atoms with Gasteiger partial charge in [-0.15, -0.1) is 0 Å². The first kappa shape index (κ1) is 24.5. The molecule has 0 amide bonds. The zero-order valence-corrected chi connectivity index (χ0v) is 23.6. The smallest absolute Gasteiger partial charge is 0.0805 e. The van der Waals surface area contributed by atoms with Crippen molar-refractivity contribution < 1.29 is 0 Å². The lowest BCUT2D eigenvalue weighted by Gasteiger charge is -2.39. The second-order valence-corrected chi connectivity index (χ2v) is 15.5. The van der Waals surface area contributed by atoms with Gasteiger partial charge in [-0.05, 0) is 74.5 Å². The van der Waals surface area contributed by atoms with Crippen LogP contribution >= 0.6 is 0 Å². The van der Waals surface area contributed by atoms with E-state index in [2.05, 4.69) is 129 Å². The number of benzene rings is 3. The molecule has 0 unspecified atom stereocenters. The minimum atomic E-state index is -2.53. The molecule has 0 spiro atoms. The molecular weight excluding hydrogens is 424 g/mol. The summed E-state index contributed by atoms with van der Waals surface area (Å²) in [5, 5.41) is 6.20. The van der Waals surface area contributed by atoms with Gasteiger partial charge in [0.25, 0.3) is 0 Å². The lowest BCUT2D eigenvalue weighted by atomic mass is 9.87. The van der Waals surface area contributed by atoms with Crippen molar-refractivity contribution in [2.75, 3.05) is 0 Å². The Hall–Kier alpha value is -2.64. The van der Waals surface area contributed by atoms with Gasteiger partial charge >= 0.3 is 0 Å². The Labute approximate surface area is 208 Å². The maximum absolute atomic E-state index is 2.53. The van der Waals surface area contributed by atoms with Crippen LogP contribution in [-0.4, -0.2) is 8.07 Å². The van der Waals surface area contributed by atoms with Crippen LogP contribution in [-0.2, 0) is 0 Å². The summed E-state index contributed by atoms with van der Waals surface area (Å²) in [6.45, 7) is 20.7. The van der Waals surface area contributed by atoms with Crippen LogP contribution in [0.3, 0.4) is 0 Å². The molecule has 0 heterocycles. The normalized spacial score (nSPS) is 14.3. The number of allylic oxidation sites excluding steroid dienone is 4. The monoisotopic (exact) mass is 464 g/mol. The SMILES string of the molecule is Cc1cc(C)cc([Si](C2=C(C(C)(C)C)C=CC2)(c2cc(C)cc(C)c2)c2cc(C)cc(C)c2)c1. The lowest BCUT2D eigenvalue weighted by Crippen LogP contribution is -2.69. The van der Waals surface area contributed by atoms with Gasteiger partial charge in [0, 0.05) is 0 Å². The van der Waals surface area contributed by atoms with Crippen LogP contribution < -0.4 is 15.6 Å². The second kappa shape index (κ2) is 8.85. The van der Waals surface area contributed by atoms with Gasteiger partial charge in [-0.1, -0.05) is 126 Å². The van der Waals surface area contributed by atoms with Crippen molar-refractivity contribution in [3.05, 3.63) is 111 Å². The van der Waals surface area contributed by atoms with E-state index in [1.165, 1.54) is 54.5 Å². The molecule has 34 heavy (non-hydrogen) atoms. The summed E-state index contributed by atoms with van der Waals surface area (Å²) in [5.41, 5.74) is 9.73. The first-order chi connectivity index (χ1) is 15.9. The third-order valence-electron chi connectivity index (χ3n) is 7.16. The Bertz CT molecular complexity index is 1120. The zero-order chi connectivity index (χ0) is 24.8. The Kier molecular flexibility index (Phi) is 6.38. The minimum Gasteiger partial charge on any atom is -0.0805 e. The van der Waals surface area contributed by atoms with Crippen LogP contribution in [0.15, 0.2) is 77.5 Å². The molecule has 0 fully saturated rings. The molecule has 176 valence electrons. The minimum absolute atomic E-state index is 0.0944. The van der Waals surface area contributed by atoms with Crippen molar-refractivity contribution in [1.29, 1.82) is 0 Å². The molecule has 0 N–H and O–H groups in total. The van der Waals surface area contributed by atoms with Gasteiger partial charge in [0.1, 0.15) is 0 Å². The summed E-state index contributed by atoms with van der Waals surface area (Å²) in [6, 6.07) is 21.9. The van der Waals surface area contributed by atoms with Gasteiger partial charge in [-0.25, -0.2) is 0 Å². The number of hydrogen-bond donors (Lipinski definition) is 0. The van der Waals surface area contributed by atoms with E-state index in [0.29, 0.717) is 0 Å². The summed E-state index contributed by atoms with van der Waals surface area (Å²) < 4.78 is 0. The average molecular weight is 465 g/mol. The summed E-state index contributed by atoms with van der Waals surface area (Å²) >= 11 is 0. The van der Waals surface area contributed by atoms with Gasteiger partial charge in [-0.3, -0.25) is 0 Å². The predicted molar refractivity (Wildman–Crippen MR) is 153 cm³/mol. The first-order valence-electron chi connectivity index (χ1n) is 12.6. The summed E-state index contributed by atoms with van der Waals surface area (Å²) in [6.07, 6.45) is 5.86. The summed E-state index contributed by atoms with van der Waals surface area (Å²) in [5.74, 6) is 0. The topological polar surface area (TPSA) is 0 Å². The van der Waals surface area contributed by atoms with E-state index in [1.54, 1.807) is 5.20 Å². The van der Waals surface area contributed by atoms with E-state index < -0.39 is 8.07 Å². The fraction of sp³-hybridized carbons (Fsp3) is 0.333. The third-order valence-corrected chi connectivity index (χ3v) is 12.0. The average Bonchev–Trinajstić information content (AvgIpc) is 3.17. The highest BCUT2D eigenvalue weighted by Crippen LogP contribution is 2.39. The van der Waals surface area contributed by atoms with E-state index in [1.807, 2.05) is 0 Å². The van der Waals surface area contributed by atoms with Crippen LogP contribution in [0.2, 0.25) is 0 Å². The Morgan fingerprint density at radius 2 is 0.853 bits per heavy atom. The van der Waals surface area contributed by atoms with E-state index in [4.69, 9.17) is 0 Å². The van der Waals surface area contributed by atoms with E-state index >= 15 is 0 Å². The van der Waals surface area contributed by atoms with Crippen LogP contribution in [0.1, 0.15) is 60.6 Å². The molecule has 0 bridgehead atoms. The molecule has 0 saturated heterocycles. The highest BCUT2D eigenvalue weighted by Gasteiger charge is 2.46. The van der Waals surface area contributed by atoms with Crippen LogP contribution in [0.5, 0.6) is 0 Å². The van der Waals surface area contributed by atoms with Gasteiger partial charge in [-0.2, -0.15) is 0 Å². The van der Waals surface area contributed by atoms with Gasteiger partial charge in [0.2, 0.25) is 0 Å². The lowest BCUT2D eigenvalue weighted by molar-refractivity contribution is 0.516. The van der Waals surface area contributed by atoms with E-state index in [0.717, 1.165) is 6.42 Å². The van der Waals surface area contributed by atoms with Gasteiger partial charge < -0.3 is 0 Å². The highest BCUT2D eigenvalue weighted by atomic mass is 28.3. The number of aryl methyl sites for hydroxylation is 6. The predicted octanol–water partition coefficient (Wildman–Crippen LogP) is 6.85. The van der Waals surface area contributed by atoms with Crippen LogP contribution in [0, 0.1) is 47.0 Å². The van der Waals surface area contributed by atoms with Crippen molar-refractivity contribution in [3.8, 4) is 0 Å². The maximum Gasteiger partial charge on any atom is 0.176 e. The highest BCUT2D eigenvalue weighted by molar-refractivity contribution is 7.16. The first-order valence-corrected chi connectivity index (χ1v) is 14.6. The second-order valence-electron chi connectivity index (χ2n) is 11.6. The van der Waals surface area contributed by atoms with Crippen LogP contribution in [0.25, 0.3) is 0 Å². The molecule has 0 aliphatic heterocycles. The molecule has 0 radical (unpaired) electrons. The van der Waals surface area contributed by atoms with Gasteiger partial charge in [0.05, 0.1) is 0 Å². The number of rotatable bonds is 4. The molecule has 1 heteroatoms. The van der Waals surface area contributed by atoms with Crippen molar-refractivity contribution in [1.82, 2.24) is 0 Å². The summed E-state index contributed by atoms with van der Waals surface area (Å²) in [7, 11) is -2.53. The molecule has 3 aromatic rings. The molecule has 0 aromatic heterocycles. The number of hydrogen-bond acceptors (Lipinski definition) is 0. The van der Waals surface area contributed by atoms with Crippen molar-refractivity contribution >= 4 is 23.6 Å². The Balaban J connectivity index is 2.28. The molecule has 1 aliphatic rings. The Morgan fingerprint density at radius 1 is 0.529 bits per heavy atom.